The summed E-state index contributed by atoms with van der Waals surface area (Å²) in [5, 5.41) is 9.34. The number of nitriles is 1. The molecule has 0 aromatic heterocycles. The largest absolute Gasteiger partial charge is 0.497 e. The van der Waals surface area contributed by atoms with Crippen molar-refractivity contribution in [1.82, 2.24) is 4.90 Å². The van der Waals surface area contributed by atoms with Gasteiger partial charge in [0.05, 0.1) is 13.2 Å². The van der Waals surface area contributed by atoms with Gasteiger partial charge in [-0.3, -0.25) is 4.90 Å². The SMILES string of the molecule is C=CCN(CC=C)C(C#N)c1ccc(OC)cc1. The lowest BCUT2D eigenvalue weighted by atomic mass is 10.1. The van der Waals surface area contributed by atoms with Crippen LogP contribution in [0, 0.1) is 11.3 Å². The van der Waals surface area contributed by atoms with Crippen LogP contribution in [-0.4, -0.2) is 25.1 Å². The predicted molar refractivity (Wildman–Crippen MR) is 73.3 cm³/mol. The molecule has 0 aliphatic rings. The van der Waals surface area contributed by atoms with E-state index in [1.165, 1.54) is 0 Å². The zero-order valence-corrected chi connectivity index (χ0v) is 10.7. The molecule has 18 heavy (non-hydrogen) atoms. The van der Waals surface area contributed by atoms with E-state index in [2.05, 4.69) is 19.2 Å². The van der Waals surface area contributed by atoms with Crippen LogP contribution in [0.25, 0.3) is 0 Å². The van der Waals surface area contributed by atoms with Crippen LogP contribution in [0.5, 0.6) is 5.75 Å². The number of ether oxygens (including phenoxy) is 1. The van der Waals surface area contributed by atoms with Crippen LogP contribution in [0.15, 0.2) is 49.6 Å². The van der Waals surface area contributed by atoms with Crippen LogP contribution in [0.4, 0.5) is 0 Å². The molecule has 0 heterocycles. The van der Waals surface area contributed by atoms with Gasteiger partial charge in [0, 0.05) is 13.1 Å². The summed E-state index contributed by atoms with van der Waals surface area (Å²) in [6.07, 6.45) is 3.58. The van der Waals surface area contributed by atoms with Crippen molar-refractivity contribution in [2.45, 2.75) is 6.04 Å². The quantitative estimate of drug-likeness (QED) is 0.690. The molecule has 0 bridgehead atoms. The van der Waals surface area contributed by atoms with Gasteiger partial charge in [0.2, 0.25) is 0 Å². The molecule has 3 heteroatoms. The van der Waals surface area contributed by atoms with Crippen LogP contribution in [0.2, 0.25) is 0 Å². The molecule has 0 N–H and O–H groups in total. The fraction of sp³-hybridized carbons (Fsp3) is 0.267. The smallest absolute Gasteiger partial charge is 0.124 e. The first-order chi connectivity index (χ1) is 8.76. The molecular weight excluding hydrogens is 224 g/mol. The highest BCUT2D eigenvalue weighted by Gasteiger charge is 2.17. The molecule has 1 aromatic carbocycles. The summed E-state index contributed by atoms with van der Waals surface area (Å²) >= 11 is 0. The highest BCUT2D eigenvalue weighted by molar-refractivity contribution is 5.31. The average molecular weight is 242 g/mol. The number of methoxy groups -OCH3 is 1. The van der Waals surface area contributed by atoms with Gasteiger partial charge in [-0.25, -0.2) is 0 Å². The minimum absolute atomic E-state index is 0.299. The van der Waals surface area contributed by atoms with Gasteiger partial charge in [-0.05, 0) is 17.7 Å². The van der Waals surface area contributed by atoms with Crippen LogP contribution in [0.1, 0.15) is 11.6 Å². The third-order valence-corrected chi connectivity index (χ3v) is 2.65. The maximum Gasteiger partial charge on any atom is 0.124 e. The summed E-state index contributed by atoms with van der Waals surface area (Å²) in [4.78, 5) is 2.00. The zero-order valence-electron chi connectivity index (χ0n) is 10.7. The Kier molecular flexibility index (Phi) is 5.69. The Morgan fingerprint density at radius 2 is 1.83 bits per heavy atom. The maximum absolute atomic E-state index is 9.34. The fourth-order valence-electron chi connectivity index (χ4n) is 1.77. The van der Waals surface area contributed by atoms with Crippen molar-refractivity contribution in [3.05, 3.63) is 55.1 Å². The third kappa shape index (κ3) is 3.47. The Labute approximate surface area is 109 Å². The Balaban J connectivity index is 2.95. The van der Waals surface area contributed by atoms with E-state index >= 15 is 0 Å². The van der Waals surface area contributed by atoms with Gasteiger partial charge in [-0.1, -0.05) is 24.3 Å². The number of hydrogen-bond donors (Lipinski definition) is 0. The lowest BCUT2D eigenvalue weighted by Gasteiger charge is -2.24. The summed E-state index contributed by atoms with van der Waals surface area (Å²) in [5.41, 5.74) is 0.946. The van der Waals surface area contributed by atoms with Gasteiger partial charge in [0.15, 0.2) is 0 Å². The number of rotatable bonds is 7. The molecule has 0 aliphatic heterocycles. The number of benzene rings is 1. The minimum atomic E-state index is -0.299. The average Bonchev–Trinajstić information content (AvgIpc) is 2.41. The molecule has 1 atom stereocenters. The molecule has 0 amide bonds. The number of nitrogens with zero attached hydrogens (tertiary/aromatic N) is 2. The van der Waals surface area contributed by atoms with Crippen LogP contribution in [0.3, 0.4) is 0 Å². The monoisotopic (exact) mass is 242 g/mol. The van der Waals surface area contributed by atoms with E-state index in [9.17, 15) is 5.26 Å². The Morgan fingerprint density at radius 3 is 2.22 bits per heavy atom. The van der Waals surface area contributed by atoms with Crippen molar-refractivity contribution in [2.24, 2.45) is 0 Å². The molecule has 1 rings (SSSR count). The summed E-state index contributed by atoms with van der Waals surface area (Å²) in [5.74, 6) is 0.787. The van der Waals surface area contributed by atoms with Crippen molar-refractivity contribution in [2.75, 3.05) is 20.2 Å². The van der Waals surface area contributed by atoms with E-state index in [0.717, 1.165) is 11.3 Å². The van der Waals surface area contributed by atoms with Gasteiger partial charge >= 0.3 is 0 Å². The predicted octanol–water partition coefficient (Wildman–Crippen LogP) is 2.93. The van der Waals surface area contributed by atoms with Gasteiger partial charge in [0.1, 0.15) is 11.8 Å². The number of hydrogen-bond acceptors (Lipinski definition) is 3. The lowest BCUT2D eigenvalue weighted by molar-refractivity contribution is 0.291. The third-order valence-electron chi connectivity index (χ3n) is 2.65. The van der Waals surface area contributed by atoms with Crippen LogP contribution >= 0.6 is 0 Å². The topological polar surface area (TPSA) is 36.3 Å². The molecule has 3 nitrogen and oxygen atoms in total. The summed E-state index contributed by atoms with van der Waals surface area (Å²) in [7, 11) is 1.62. The van der Waals surface area contributed by atoms with Crippen molar-refractivity contribution in [3.8, 4) is 11.8 Å². The van der Waals surface area contributed by atoms with E-state index in [1.54, 1.807) is 19.3 Å². The summed E-state index contributed by atoms with van der Waals surface area (Å²) < 4.78 is 5.11. The van der Waals surface area contributed by atoms with E-state index in [1.807, 2.05) is 29.2 Å². The Hall–Kier alpha value is -2.05. The van der Waals surface area contributed by atoms with Gasteiger partial charge in [-0.15, -0.1) is 13.2 Å². The first-order valence-corrected chi connectivity index (χ1v) is 5.76. The molecular formula is C15H18N2O. The molecule has 1 unspecified atom stereocenters. The molecule has 0 aliphatic carbocycles. The molecule has 0 saturated carbocycles. The van der Waals surface area contributed by atoms with Crippen molar-refractivity contribution < 1.29 is 4.74 Å². The Morgan fingerprint density at radius 1 is 1.28 bits per heavy atom. The fourth-order valence-corrected chi connectivity index (χ4v) is 1.77. The molecule has 1 aromatic rings. The molecule has 0 spiro atoms. The summed E-state index contributed by atoms with van der Waals surface area (Å²) in [6, 6.07) is 9.55. The first-order valence-electron chi connectivity index (χ1n) is 5.76. The van der Waals surface area contributed by atoms with Gasteiger partial charge in [0.25, 0.3) is 0 Å². The van der Waals surface area contributed by atoms with E-state index in [4.69, 9.17) is 4.74 Å². The zero-order chi connectivity index (χ0) is 13.4. The van der Waals surface area contributed by atoms with Gasteiger partial charge in [-0.2, -0.15) is 5.26 Å². The maximum atomic E-state index is 9.34. The van der Waals surface area contributed by atoms with E-state index < -0.39 is 0 Å². The van der Waals surface area contributed by atoms with Gasteiger partial charge < -0.3 is 4.74 Å². The molecule has 0 radical (unpaired) electrons. The second-order valence-electron chi connectivity index (χ2n) is 3.84. The highest BCUT2D eigenvalue weighted by atomic mass is 16.5. The standard InChI is InChI=1S/C15H18N2O/c1-4-10-17(11-5-2)15(12-16)13-6-8-14(18-3)9-7-13/h4-9,15H,1-2,10-11H2,3H3. The first kappa shape index (κ1) is 14.0. The van der Waals surface area contributed by atoms with Crippen molar-refractivity contribution in [1.29, 1.82) is 5.26 Å². The summed E-state index contributed by atoms with van der Waals surface area (Å²) in [6.45, 7) is 8.73. The molecule has 0 fully saturated rings. The van der Waals surface area contributed by atoms with Crippen molar-refractivity contribution in [3.63, 3.8) is 0 Å². The van der Waals surface area contributed by atoms with E-state index in [0.29, 0.717) is 13.1 Å². The van der Waals surface area contributed by atoms with Crippen molar-refractivity contribution >= 4 is 0 Å². The second-order valence-corrected chi connectivity index (χ2v) is 3.84. The minimum Gasteiger partial charge on any atom is -0.497 e. The lowest BCUT2D eigenvalue weighted by Crippen LogP contribution is -2.28. The normalized spacial score (nSPS) is 11.6. The van der Waals surface area contributed by atoms with Crippen LogP contribution in [-0.2, 0) is 0 Å². The second kappa shape index (κ2) is 7.31. The molecule has 94 valence electrons. The Bertz CT molecular complexity index is 421. The van der Waals surface area contributed by atoms with E-state index in [-0.39, 0.29) is 6.04 Å². The van der Waals surface area contributed by atoms with Crippen LogP contribution < -0.4 is 4.74 Å². The molecule has 0 saturated heterocycles. The highest BCUT2D eigenvalue weighted by Crippen LogP contribution is 2.22.